The van der Waals surface area contributed by atoms with Crippen molar-refractivity contribution < 1.29 is 22.6 Å². The van der Waals surface area contributed by atoms with Crippen LogP contribution in [0.2, 0.25) is 0 Å². The molecule has 0 radical (unpaired) electrons. The van der Waals surface area contributed by atoms with E-state index in [1.165, 1.54) is 4.31 Å². The molecular weight excluding hydrogens is 342 g/mol. The van der Waals surface area contributed by atoms with Gasteiger partial charge in [0.05, 0.1) is 24.7 Å². The summed E-state index contributed by atoms with van der Waals surface area (Å²) in [5.74, 6) is 0.683. The summed E-state index contributed by atoms with van der Waals surface area (Å²) in [6.07, 6.45) is 2.03. The second kappa shape index (κ2) is 12.2. The molecule has 25 heavy (non-hydrogen) atoms. The molecule has 0 aromatic heterocycles. The second-order valence-corrected chi connectivity index (χ2v) is 7.41. The molecule has 0 bridgehead atoms. The lowest BCUT2D eigenvalue weighted by molar-refractivity contribution is 0.110. The smallest absolute Gasteiger partial charge is 0.243 e. The molecule has 0 aliphatic rings. The van der Waals surface area contributed by atoms with Gasteiger partial charge in [0, 0.05) is 26.3 Å². The van der Waals surface area contributed by atoms with Crippen LogP contribution in [-0.4, -0.2) is 58.8 Å². The molecule has 0 saturated carbocycles. The number of nitrogens with zero attached hydrogens (tertiary/aromatic N) is 1. The maximum Gasteiger partial charge on any atom is 0.243 e. The third-order valence-corrected chi connectivity index (χ3v) is 5.52. The van der Waals surface area contributed by atoms with Crippen LogP contribution in [0.5, 0.6) is 5.75 Å². The van der Waals surface area contributed by atoms with Gasteiger partial charge in [0.2, 0.25) is 10.0 Å². The molecule has 0 unspecified atom stereocenters. The SMILES string of the molecule is CCCCOc1ccc(S(=O)(=O)N(CCOCC)CCOCC)cc1. The first-order valence-corrected chi connectivity index (χ1v) is 10.4. The van der Waals surface area contributed by atoms with Crippen LogP contribution in [0.1, 0.15) is 33.6 Å². The number of sulfonamides is 1. The van der Waals surface area contributed by atoms with Crippen molar-refractivity contribution >= 4 is 10.0 Å². The zero-order valence-electron chi connectivity index (χ0n) is 15.6. The van der Waals surface area contributed by atoms with Gasteiger partial charge in [-0.2, -0.15) is 4.31 Å². The molecule has 1 aromatic rings. The van der Waals surface area contributed by atoms with Gasteiger partial charge in [0.1, 0.15) is 5.75 Å². The van der Waals surface area contributed by atoms with Gasteiger partial charge in [-0.25, -0.2) is 8.42 Å². The Morgan fingerprint density at radius 3 is 1.92 bits per heavy atom. The van der Waals surface area contributed by atoms with E-state index in [-0.39, 0.29) is 4.90 Å². The van der Waals surface area contributed by atoms with Crippen molar-refractivity contribution in [1.29, 1.82) is 0 Å². The summed E-state index contributed by atoms with van der Waals surface area (Å²) in [6.45, 7) is 8.95. The topological polar surface area (TPSA) is 65.1 Å². The fourth-order valence-corrected chi connectivity index (χ4v) is 3.57. The molecular formula is C18H31NO5S. The average molecular weight is 374 g/mol. The zero-order valence-corrected chi connectivity index (χ0v) is 16.4. The van der Waals surface area contributed by atoms with Crippen molar-refractivity contribution in [3.8, 4) is 5.75 Å². The molecule has 0 atom stereocenters. The first-order chi connectivity index (χ1) is 12.1. The first-order valence-electron chi connectivity index (χ1n) is 8.94. The maximum absolute atomic E-state index is 12.9. The van der Waals surface area contributed by atoms with Gasteiger partial charge in [-0.3, -0.25) is 0 Å². The van der Waals surface area contributed by atoms with E-state index in [4.69, 9.17) is 14.2 Å². The summed E-state index contributed by atoms with van der Waals surface area (Å²) in [5, 5.41) is 0. The third kappa shape index (κ3) is 7.73. The Morgan fingerprint density at radius 2 is 1.44 bits per heavy atom. The van der Waals surface area contributed by atoms with Gasteiger partial charge in [-0.05, 0) is 44.5 Å². The highest BCUT2D eigenvalue weighted by Gasteiger charge is 2.24. The number of benzene rings is 1. The highest BCUT2D eigenvalue weighted by Crippen LogP contribution is 2.20. The molecule has 1 rings (SSSR count). The van der Waals surface area contributed by atoms with E-state index < -0.39 is 10.0 Å². The first kappa shape index (κ1) is 21.9. The highest BCUT2D eigenvalue weighted by molar-refractivity contribution is 7.89. The number of hydrogen-bond donors (Lipinski definition) is 0. The number of hydrogen-bond acceptors (Lipinski definition) is 5. The second-order valence-electron chi connectivity index (χ2n) is 5.47. The Balaban J connectivity index is 2.79. The van der Waals surface area contributed by atoms with Crippen molar-refractivity contribution in [3.05, 3.63) is 24.3 Å². The van der Waals surface area contributed by atoms with E-state index in [1.54, 1.807) is 24.3 Å². The number of unbranched alkanes of at least 4 members (excludes halogenated alkanes) is 1. The van der Waals surface area contributed by atoms with Crippen molar-refractivity contribution in [2.45, 2.75) is 38.5 Å². The summed E-state index contributed by atoms with van der Waals surface area (Å²) >= 11 is 0. The van der Waals surface area contributed by atoms with E-state index >= 15 is 0 Å². The molecule has 0 aliphatic heterocycles. The number of ether oxygens (including phenoxy) is 3. The van der Waals surface area contributed by atoms with Gasteiger partial charge in [-0.1, -0.05) is 13.3 Å². The summed E-state index contributed by atoms with van der Waals surface area (Å²) in [4.78, 5) is 0.253. The Kier molecular flexibility index (Phi) is 10.7. The molecule has 7 heteroatoms. The van der Waals surface area contributed by atoms with E-state index in [2.05, 4.69) is 6.92 Å². The highest BCUT2D eigenvalue weighted by atomic mass is 32.2. The Labute approximate surface area is 152 Å². The van der Waals surface area contributed by atoms with Gasteiger partial charge in [0.15, 0.2) is 0 Å². The van der Waals surface area contributed by atoms with Crippen LogP contribution >= 0.6 is 0 Å². The summed E-state index contributed by atoms with van der Waals surface area (Å²) < 4.78 is 43.3. The van der Waals surface area contributed by atoms with E-state index in [9.17, 15) is 8.42 Å². The van der Waals surface area contributed by atoms with Crippen LogP contribution in [0, 0.1) is 0 Å². The lowest BCUT2D eigenvalue weighted by Gasteiger charge is -2.22. The molecule has 0 spiro atoms. The van der Waals surface area contributed by atoms with E-state index in [0.717, 1.165) is 12.8 Å². The zero-order chi connectivity index (χ0) is 18.5. The molecule has 0 amide bonds. The summed E-state index contributed by atoms with van der Waals surface area (Å²) in [7, 11) is -3.59. The van der Waals surface area contributed by atoms with Gasteiger partial charge in [-0.15, -0.1) is 0 Å². The minimum atomic E-state index is -3.59. The Hall–Kier alpha value is -1.15. The molecule has 0 heterocycles. The van der Waals surface area contributed by atoms with Crippen LogP contribution in [0.15, 0.2) is 29.2 Å². The molecule has 144 valence electrons. The van der Waals surface area contributed by atoms with Crippen LogP contribution in [0.25, 0.3) is 0 Å². The standard InChI is InChI=1S/C18H31NO5S/c1-4-7-14-24-17-8-10-18(11-9-17)25(20,21)19(12-15-22-5-2)13-16-23-6-3/h8-11H,4-7,12-16H2,1-3H3. The molecule has 0 saturated heterocycles. The van der Waals surface area contributed by atoms with Gasteiger partial charge in [0.25, 0.3) is 0 Å². The monoisotopic (exact) mass is 373 g/mol. The predicted octanol–water partition coefficient (Wildman–Crippen LogP) is 2.93. The van der Waals surface area contributed by atoms with Gasteiger partial charge < -0.3 is 14.2 Å². The van der Waals surface area contributed by atoms with Crippen LogP contribution in [-0.2, 0) is 19.5 Å². The van der Waals surface area contributed by atoms with Crippen LogP contribution in [0.3, 0.4) is 0 Å². The Bertz CT molecular complexity index is 549. The Morgan fingerprint density at radius 1 is 0.880 bits per heavy atom. The number of rotatable bonds is 14. The maximum atomic E-state index is 12.9. The fourth-order valence-electron chi connectivity index (χ4n) is 2.16. The van der Waals surface area contributed by atoms with Crippen molar-refractivity contribution in [1.82, 2.24) is 4.31 Å². The molecule has 6 nitrogen and oxygen atoms in total. The lowest BCUT2D eigenvalue weighted by atomic mass is 10.3. The largest absolute Gasteiger partial charge is 0.494 e. The fraction of sp³-hybridized carbons (Fsp3) is 0.667. The van der Waals surface area contributed by atoms with Crippen LogP contribution in [0.4, 0.5) is 0 Å². The predicted molar refractivity (Wildman–Crippen MR) is 98.6 cm³/mol. The van der Waals surface area contributed by atoms with Crippen molar-refractivity contribution in [2.75, 3.05) is 46.1 Å². The van der Waals surface area contributed by atoms with Crippen molar-refractivity contribution in [2.24, 2.45) is 0 Å². The normalized spacial score (nSPS) is 11.8. The summed E-state index contributed by atoms with van der Waals surface area (Å²) in [6, 6.07) is 6.58. The van der Waals surface area contributed by atoms with Crippen molar-refractivity contribution in [3.63, 3.8) is 0 Å². The van der Waals surface area contributed by atoms with Gasteiger partial charge >= 0.3 is 0 Å². The van der Waals surface area contributed by atoms with E-state index in [0.29, 0.717) is 51.9 Å². The lowest BCUT2D eigenvalue weighted by Crippen LogP contribution is -2.36. The minimum absolute atomic E-state index is 0.253. The van der Waals surface area contributed by atoms with E-state index in [1.807, 2.05) is 13.8 Å². The quantitative estimate of drug-likeness (QED) is 0.469. The summed E-state index contributed by atoms with van der Waals surface area (Å²) in [5.41, 5.74) is 0. The molecule has 0 aliphatic carbocycles. The van der Waals surface area contributed by atoms with Crippen LogP contribution < -0.4 is 4.74 Å². The third-order valence-electron chi connectivity index (χ3n) is 3.61. The molecule has 0 fully saturated rings. The average Bonchev–Trinajstić information content (AvgIpc) is 2.61. The minimum Gasteiger partial charge on any atom is -0.494 e. The molecule has 0 N–H and O–H groups in total. The molecule has 1 aromatic carbocycles.